The second-order valence-corrected chi connectivity index (χ2v) is 28.4. The van der Waals surface area contributed by atoms with E-state index in [2.05, 4.69) is 98.8 Å². The molecule has 12 atom stereocenters. The lowest BCUT2D eigenvalue weighted by Crippen LogP contribution is -2.73. The Morgan fingerprint density at radius 1 is 0.880 bits per heavy atom. The highest BCUT2D eigenvalue weighted by molar-refractivity contribution is 6.02. The number of rotatable bonds is 10. The van der Waals surface area contributed by atoms with Gasteiger partial charge in [-0.3, -0.25) is 9.59 Å². The third kappa shape index (κ3) is 7.39. The average Bonchev–Trinajstić information content (AvgIpc) is 3.98. The molecule has 9 nitrogen and oxygen atoms in total. The summed E-state index contributed by atoms with van der Waals surface area (Å²) in [4.78, 5) is 35.0. The van der Waals surface area contributed by atoms with Crippen molar-refractivity contribution < 1.29 is 29.3 Å². The fraction of sp³-hybridized carbons (Fsp3) is 0.727. The summed E-state index contributed by atoms with van der Waals surface area (Å²) < 4.78 is 14.6. The maximum atomic E-state index is 16.0. The molecule has 1 aromatic carbocycles. The van der Waals surface area contributed by atoms with Crippen LogP contribution in [-0.2, 0) is 38.4 Å². The van der Waals surface area contributed by atoms with Gasteiger partial charge in [-0.1, -0.05) is 78.0 Å². The van der Waals surface area contributed by atoms with E-state index >= 15 is 9.59 Å². The second-order valence-electron chi connectivity index (χ2n) is 28.4. The van der Waals surface area contributed by atoms with E-state index in [9.17, 15) is 10.2 Å². The lowest BCUT2D eigenvalue weighted by Gasteiger charge is -2.74. The van der Waals surface area contributed by atoms with Gasteiger partial charge in [0.15, 0.2) is 5.78 Å². The zero-order chi connectivity index (χ0) is 52.1. The third-order valence-corrected chi connectivity index (χ3v) is 24.5. The summed E-state index contributed by atoms with van der Waals surface area (Å²) >= 11 is 0. The normalized spacial score (nSPS) is 39.4. The number of aliphatic hydroxyl groups excluding tert-OH is 2. The van der Waals surface area contributed by atoms with Crippen molar-refractivity contribution in [2.45, 2.75) is 219 Å². The van der Waals surface area contributed by atoms with Gasteiger partial charge in [-0.15, -0.1) is 11.8 Å². The fourth-order valence-corrected chi connectivity index (χ4v) is 20.6. The number of carbonyl (C=O) groups is 2. The van der Waals surface area contributed by atoms with Crippen molar-refractivity contribution >= 4 is 22.6 Å². The summed E-state index contributed by atoms with van der Waals surface area (Å²) in [6, 6.07) is 7.62. The molecule has 13 rings (SSSR count). The molecule has 3 aromatic rings. The molecule has 3 aliphatic heterocycles. The Bertz CT molecular complexity index is 2840. The first-order valence-electron chi connectivity index (χ1n) is 30.3. The molecule has 5 saturated carbocycles. The highest BCUT2D eigenvalue weighted by atomic mass is 16.6. The Labute approximate surface area is 447 Å². The summed E-state index contributed by atoms with van der Waals surface area (Å²) in [5.74, 6) is 9.01. The van der Waals surface area contributed by atoms with Gasteiger partial charge in [0.2, 0.25) is 0 Å². The predicted octanol–water partition coefficient (Wildman–Crippen LogP) is 11.8. The van der Waals surface area contributed by atoms with Crippen LogP contribution in [0.4, 0.5) is 0 Å². The number of aromatic amines is 1. The van der Waals surface area contributed by atoms with Crippen LogP contribution in [0.2, 0.25) is 0 Å². The number of fused-ring (bicyclic) bond motifs is 4. The smallest absolute Gasteiger partial charge is 0.160 e. The Hall–Kier alpha value is -3.52. The maximum absolute atomic E-state index is 16.0. The van der Waals surface area contributed by atoms with E-state index in [1.165, 1.54) is 76.5 Å². The minimum absolute atomic E-state index is 0.0785. The molecule has 2 spiro atoms. The van der Waals surface area contributed by atoms with Crippen LogP contribution in [0, 0.1) is 68.0 Å². The molecule has 0 radical (unpaired) electrons. The van der Waals surface area contributed by atoms with Crippen molar-refractivity contribution in [1.82, 2.24) is 14.9 Å². The van der Waals surface area contributed by atoms with E-state index in [1.807, 2.05) is 7.05 Å². The van der Waals surface area contributed by atoms with Crippen molar-refractivity contribution in [1.29, 1.82) is 0 Å². The Morgan fingerprint density at radius 2 is 1.60 bits per heavy atom. The molecule has 0 unspecified atom stereocenters. The maximum Gasteiger partial charge on any atom is 0.160 e. The summed E-state index contributed by atoms with van der Waals surface area (Å²) in [5, 5.41) is 30.4. The molecule has 2 saturated heterocycles. The molecule has 5 heterocycles. The molecule has 10 aliphatic rings. The standard InChI is InChI=1S/C66H89N3O6/c1-60(2)59(75-60)50(71)34-62(4)47-17-11-12-23-66-24-18-51-61(3,25-26-67-7)52(72)36-65(21-13-14-22-65)64(51,6)58(66)57(73)48(53-54(62)49(70)35-63(53,66)5)39-69-38-46(55-56(69)45(33-47)37-68-55)31-40-29-43(41-15-9-8-10-16-41)32-44(30-40)42-19-27-74-28-20-42/h29-30,32,37-38,41-42,47-48,50-51,57-59,67-68,71,73H,8-10,13-28,31,33-36,39H2,1-7H3/t47-,48+,50-,51+,57-,58-,59-,61+,62-,63+,64-,66+/m1/s1. The molecule has 7 aliphatic carbocycles. The van der Waals surface area contributed by atoms with Crippen molar-refractivity contribution in [2.75, 3.05) is 26.8 Å². The Kier molecular flexibility index (Phi) is 12.2. The second kappa shape index (κ2) is 18.0. The molecule has 7 fully saturated rings. The number of hydrogen-bond acceptors (Lipinski definition) is 7. The quantitative estimate of drug-likeness (QED) is 0.118. The Balaban J connectivity index is 1.01. The number of nitrogens with one attached hydrogen (secondary N) is 2. The van der Waals surface area contributed by atoms with Gasteiger partial charge >= 0.3 is 0 Å². The number of epoxide rings is 1. The van der Waals surface area contributed by atoms with E-state index in [1.54, 1.807) is 0 Å². The van der Waals surface area contributed by atoms with Crippen LogP contribution in [-0.4, -0.2) is 82.0 Å². The molecule has 404 valence electrons. The first-order valence-corrected chi connectivity index (χ1v) is 30.3. The number of ether oxygens (including phenoxy) is 2. The van der Waals surface area contributed by atoms with Gasteiger partial charge in [0.1, 0.15) is 11.9 Å². The number of carbonyl (C=O) groups excluding carboxylic acids is 2. The zero-order valence-electron chi connectivity index (χ0n) is 46.7. The predicted molar refractivity (Wildman–Crippen MR) is 294 cm³/mol. The zero-order valence-corrected chi connectivity index (χ0v) is 46.7. The lowest BCUT2D eigenvalue weighted by molar-refractivity contribution is -0.265. The van der Waals surface area contributed by atoms with Gasteiger partial charge < -0.3 is 34.6 Å². The average molecular weight is 1020 g/mol. The molecule has 5 bridgehead atoms. The van der Waals surface area contributed by atoms with Gasteiger partial charge in [0, 0.05) is 92.0 Å². The fourth-order valence-electron chi connectivity index (χ4n) is 20.6. The van der Waals surface area contributed by atoms with E-state index < -0.39 is 39.5 Å². The van der Waals surface area contributed by atoms with Gasteiger partial charge in [-0.25, -0.2) is 0 Å². The van der Waals surface area contributed by atoms with Crippen LogP contribution in [0.5, 0.6) is 0 Å². The topological polar surface area (TPSA) is 129 Å². The Morgan fingerprint density at radius 3 is 2.31 bits per heavy atom. The molecular formula is C66H89N3O6. The van der Waals surface area contributed by atoms with E-state index in [4.69, 9.17) is 9.47 Å². The number of Topliss-reactive ketones (excluding diaryl/α,β-unsaturated/α-hetero) is 2. The third-order valence-electron chi connectivity index (χ3n) is 24.5. The van der Waals surface area contributed by atoms with Crippen molar-refractivity contribution in [3.05, 3.63) is 69.6 Å². The molecule has 9 heteroatoms. The number of benzene rings is 1. The van der Waals surface area contributed by atoms with Gasteiger partial charge in [0.05, 0.1) is 28.8 Å². The minimum atomic E-state index is -0.780. The van der Waals surface area contributed by atoms with Crippen LogP contribution in [0.25, 0.3) is 11.0 Å². The lowest BCUT2D eigenvalue weighted by atomic mass is 9.29. The van der Waals surface area contributed by atoms with Gasteiger partial charge in [-0.2, -0.15) is 0 Å². The molecular weight excluding hydrogens is 931 g/mol. The molecule has 2 aromatic heterocycles. The number of ketones is 2. The first kappa shape index (κ1) is 51.0. The number of H-pyrrole nitrogens is 1. The van der Waals surface area contributed by atoms with Crippen LogP contribution in [0.3, 0.4) is 0 Å². The highest BCUT2D eigenvalue weighted by Gasteiger charge is 2.78. The molecule has 75 heavy (non-hydrogen) atoms. The number of nitrogens with zero attached hydrogens (tertiary/aromatic N) is 1. The van der Waals surface area contributed by atoms with E-state index in [-0.39, 0.29) is 46.4 Å². The summed E-state index contributed by atoms with van der Waals surface area (Å²) in [6.07, 6.45) is 22.3. The van der Waals surface area contributed by atoms with Crippen molar-refractivity contribution in [2.24, 2.45) is 56.2 Å². The number of hydrogen-bond donors (Lipinski definition) is 4. The molecule has 0 amide bonds. The largest absolute Gasteiger partial charge is 0.392 e. The first-order chi connectivity index (χ1) is 35.9. The summed E-state index contributed by atoms with van der Waals surface area (Å²) in [7, 11) is 2.01. The minimum Gasteiger partial charge on any atom is -0.392 e. The van der Waals surface area contributed by atoms with Crippen LogP contribution in [0.1, 0.15) is 203 Å². The summed E-state index contributed by atoms with van der Waals surface area (Å²) in [6.45, 7) is 16.7. The van der Waals surface area contributed by atoms with E-state index in [0.717, 1.165) is 89.5 Å². The number of aliphatic hydroxyl groups is 2. The van der Waals surface area contributed by atoms with Crippen LogP contribution >= 0.6 is 0 Å². The number of aromatic nitrogens is 2. The van der Waals surface area contributed by atoms with Gasteiger partial charge in [0.25, 0.3) is 0 Å². The van der Waals surface area contributed by atoms with Crippen molar-refractivity contribution in [3.63, 3.8) is 0 Å². The van der Waals surface area contributed by atoms with Crippen LogP contribution in [0.15, 0.2) is 41.7 Å². The SMILES string of the molecule is CNCC[C@]1(C)C(=O)CC2(CCCC2)[C@@]2(C)[C@H]3[C@H](O)[C@H]4Cn5cc(Cc6cc(C7CCCCC7)cc(C7CCOCC7)c6)c6[nH]cc(c65)C[C@H]5CC#CC[C@@]3(CC[C@H]21)[C@@]1(C)CC(=O)C(=C41)[C@]5(C)C[C@@H](O)[C@H]1OC1(C)C. The highest BCUT2D eigenvalue weighted by Crippen LogP contribution is 2.81. The summed E-state index contributed by atoms with van der Waals surface area (Å²) in [5.41, 5.74) is 7.93. The van der Waals surface area contributed by atoms with Crippen molar-refractivity contribution in [3.8, 4) is 11.8 Å². The monoisotopic (exact) mass is 1020 g/mol. The van der Waals surface area contributed by atoms with E-state index in [0.29, 0.717) is 62.7 Å². The van der Waals surface area contributed by atoms with Gasteiger partial charge in [-0.05, 0) is 177 Å². The number of allylic oxidation sites excluding steroid dienone is 1. The molecule has 4 N–H and O–H groups in total. The van der Waals surface area contributed by atoms with Crippen LogP contribution < -0.4 is 5.32 Å².